The van der Waals surface area contributed by atoms with Crippen LogP contribution in [-0.2, 0) is 6.18 Å². The van der Waals surface area contributed by atoms with Crippen molar-refractivity contribution in [1.82, 2.24) is 9.88 Å². The van der Waals surface area contributed by atoms with Crippen LogP contribution in [0.2, 0.25) is 0 Å². The number of rotatable bonds is 3. The maximum atomic E-state index is 13.1. The van der Waals surface area contributed by atoms with Crippen LogP contribution in [0.4, 0.5) is 13.2 Å². The van der Waals surface area contributed by atoms with E-state index >= 15 is 0 Å². The first-order chi connectivity index (χ1) is 11.9. The number of amides is 1. The standard InChI is InChI=1S/C17H14BrF3N2O2/c18-14-6-3-8-22-15(14)25-11-7-9-23(10-11)16(24)12-4-1-2-5-13(12)17(19,20)21/h1-6,8,11H,7,9-10H2. The van der Waals surface area contributed by atoms with Crippen molar-refractivity contribution in [2.24, 2.45) is 0 Å². The van der Waals surface area contributed by atoms with E-state index in [9.17, 15) is 18.0 Å². The molecule has 1 amide bonds. The van der Waals surface area contributed by atoms with Crippen LogP contribution in [-0.4, -0.2) is 35.0 Å². The highest BCUT2D eigenvalue weighted by atomic mass is 79.9. The third kappa shape index (κ3) is 3.95. The van der Waals surface area contributed by atoms with Crippen molar-refractivity contribution in [1.29, 1.82) is 0 Å². The smallest absolute Gasteiger partial charge is 0.417 e. The fraction of sp³-hybridized carbons (Fsp3) is 0.294. The molecular formula is C17H14BrF3N2O2. The number of hydrogen-bond donors (Lipinski definition) is 0. The van der Waals surface area contributed by atoms with Crippen LogP contribution in [0.25, 0.3) is 0 Å². The Hall–Kier alpha value is -2.09. The summed E-state index contributed by atoms with van der Waals surface area (Å²) in [6.45, 7) is 0.550. The number of benzene rings is 1. The molecule has 1 saturated heterocycles. The van der Waals surface area contributed by atoms with E-state index in [0.717, 1.165) is 6.07 Å². The van der Waals surface area contributed by atoms with Crippen LogP contribution in [0.15, 0.2) is 47.1 Å². The largest absolute Gasteiger partial charge is 0.472 e. The van der Waals surface area contributed by atoms with Crippen LogP contribution in [0.5, 0.6) is 5.88 Å². The first kappa shape index (κ1) is 17.7. The molecule has 0 spiro atoms. The molecule has 1 aromatic carbocycles. The number of carbonyl (C=O) groups is 1. The number of likely N-dealkylation sites (tertiary alicyclic amines) is 1. The first-order valence-corrected chi connectivity index (χ1v) is 8.38. The topological polar surface area (TPSA) is 42.4 Å². The number of hydrogen-bond acceptors (Lipinski definition) is 3. The van der Waals surface area contributed by atoms with Crippen LogP contribution in [0.3, 0.4) is 0 Å². The molecule has 0 N–H and O–H groups in total. The molecule has 1 aliphatic heterocycles. The highest BCUT2D eigenvalue weighted by molar-refractivity contribution is 9.10. The Kier molecular flexibility index (Phi) is 4.99. The lowest BCUT2D eigenvalue weighted by molar-refractivity contribution is -0.138. The SMILES string of the molecule is O=C(c1ccccc1C(F)(F)F)N1CCC(Oc2ncccc2Br)C1. The molecular weight excluding hydrogens is 401 g/mol. The van der Waals surface area contributed by atoms with Crippen LogP contribution < -0.4 is 4.74 Å². The zero-order chi connectivity index (χ0) is 18.0. The molecule has 2 heterocycles. The second kappa shape index (κ2) is 7.03. The molecule has 1 aliphatic rings. The summed E-state index contributed by atoms with van der Waals surface area (Å²) in [4.78, 5) is 18.0. The van der Waals surface area contributed by atoms with Gasteiger partial charge in [0.15, 0.2) is 0 Å². The third-order valence-corrected chi connectivity index (χ3v) is 4.50. The van der Waals surface area contributed by atoms with Gasteiger partial charge in [0, 0.05) is 19.2 Å². The molecule has 0 radical (unpaired) electrons. The molecule has 1 fully saturated rings. The van der Waals surface area contributed by atoms with Gasteiger partial charge in [-0.05, 0) is 40.2 Å². The first-order valence-electron chi connectivity index (χ1n) is 7.59. The average molecular weight is 415 g/mol. The number of nitrogens with zero attached hydrogens (tertiary/aromatic N) is 2. The number of aromatic nitrogens is 1. The summed E-state index contributed by atoms with van der Waals surface area (Å²) in [5.74, 6) is -0.239. The molecule has 1 atom stereocenters. The van der Waals surface area contributed by atoms with E-state index in [1.54, 1.807) is 18.3 Å². The minimum atomic E-state index is -4.57. The lowest BCUT2D eigenvalue weighted by atomic mass is 10.1. The predicted molar refractivity (Wildman–Crippen MR) is 88.3 cm³/mol. The molecule has 1 unspecified atom stereocenters. The van der Waals surface area contributed by atoms with Gasteiger partial charge in [0.05, 0.1) is 22.1 Å². The highest BCUT2D eigenvalue weighted by Crippen LogP contribution is 2.33. The Morgan fingerprint density at radius 3 is 2.72 bits per heavy atom. The fourth-order valence-corrected chi connectivity index (χ4v) is 3.06. The molecule has 3 rings (SSSR count). The monoisotopic (exact) mass is 414 g/mol. The summed E-state index contributed by atoms with van der Waals surface area (Å²) >= 11 is 3.32. The molecule has 0 bridgehead atoms. The normalized spacial score (nSPS) is 17.6. The van der Waals surface area contributed by atoms with E-state index < -0.39 is 17.6 Å². The molecule has 1 aromatic heterocycles. The summed E-state index contributed by atoms with van der Waals surface area (Å²) in [7, 11) is 0. The molecule has 25 heavy (non-hydrogen) atoms. The Labute approximate surface area is 150 Å². The number of pyridine rings is 1. The van der Waals surface area contributed by atoms with Gasteiger partial charge >= 0.3 is 6.18 Å². The predicted octanol–water partition coefficient (Wildman–Crippen LogP) is 4.16. The quantitative estimate of drug-likeness (QED) is 0.757. The van der Waals surface area contributed by atoms with E-state index in [4.69, 9.17) is 4.74 Å². The van der Waals surface area contributed by atoms with Gasteiger partial charge in [0.1, 0.15) is 6.10 Å². The second-order valence-electron chi connectivity index (χ2n) is 5.61. The summed E-state index contributed by atoms with van der Waals surface area (Å²) < 4.78 is 45.7. The van der Waals surface area contributed by atoms with Crippen molar-refractivity contribution >= 4 is 21.8 Å². The van der Waals surface area contributed by atoms with Crippen LogP contribution in [0, 0.1) is 0 Å². The Bertz CT molecular complexity index is 782. The Morgan fingerprint density at radius 2 is 2.00 bits per heavy atom. The van der Waals surface area contributed by atoms with Crippen LogP contribution in [0.1, 0.15) is 22.3 Å². The van der Waals surface area contributed by atoms with E-state index in [1.165, 1.54) is 23.1 Å². The summed E-state index contributed by atoms with van der Waals surface area (Å²) in [6, 6.07) is 8.35. The number of halogens is 4. The fourth-order valence-electron chi connectivity index (χ4n) is 2.71. The van der Waals surface area contributed by atoms with Gasteiger partial charge in [-0.15, -0.1) is 0 Å². The van der Waals surface area contributed by atoms with E-state index in [2.05, 4.69) is 20.9 Å². The van der Waals surface area contributed by atoms with E-state index in [0.29, 0.717) is 23.3 Å². The molecule has 132 valence electrons. The van der Waals surface area contributed by atoms with Crippen molar-refractivity contribution in [3.05, 3.63) is 58.2 Å². The average Bonchev–Trinajstić information content (AvgIpc) is 3.04. The maximum absolute atomic E-state index is 13.1. The Morgan fingerprint density at radius 1 is 1.24 bits per heavy atom. The molecule has 4 nitrogen and oxygen atoms in total. The van der Waals surface area contributed by atoms with Crippen molar-refractivity contribution in [2.75, 3.05) is 13.1 Å². The molecule has 0 aliphatic carbocycles. The van der Waals surface area contributed by atoms with Crippen molar-refractivity contribution in [2.45, 2.75) is 18.7 Å². The minimum Gasteiger partial charge on any atom is -0.472 e. The minimum absolute atomic E-state index is 0.216. The van der Waals surface area contributed by atoms with E-state index in [-0.39, 0.29) is 18.2 Å². The molecule has 8 heteroatoms. The Balaban J connectivity index is 1.73. The number of ether oxygens (including phenoxy) is 1. The summed E-state index contributed by atoms with van der Waals surface area (Å²) in [5.41, 5.74) is -1.26. The van der Waals surface area contributed by atoms with Gasteiger partial charge < -0.3 is 9.64 Å². The number of carbonyl (C=O) groups excluding carboxylic acids is 1. The van der Waals surface area contributed by atoms with Gasteiger partial charge in [0.2, 0.25) is 5.88 Å². The van der Waals surface area contributed by atoms with Crippen molar-refractivity contribution in [3.63, 3.8) is 0 Å². The van der Waals surface area contributed by atoms with Gasteiger partial charge in [-0.25, -0.2) is 4.98 Å². The highest BCUT2D eigenvalue weighted by Gasteiger charge is 2.37. The molecule has 0 saturated carbocycles. The lowest BCUT2D eigenvalue weighted by Crippen LogP contribution is -2.32. The van der Waals surface area contributed by atoms with Gasteiger partial charge in [-0.1, -0.05) is 12.1 Å². The van der Waals surface area contributed by atoms with Crippen LogP contribution >= 0.6 is 15.9 Å². The van der Waals surface area contributed by atoms with Gasteiger partial charge in [-0.3, -0.25) is 4.79 Å². The molecule has 2 aromatic rings. The summed E-state index contributed by atoms with van der Waals surface area (Å²) in [5, 5.41) is 0. The van der Waals surface area contributed by atoms with Crippen molar-refractivity contribution in [3.8, 4) is 5.88 Å². The summed E-state index contributed by atoms with van der Waals surface area (Å²) in [6.07, 6.45) is -2.77. The maximum Gasteiger partial charge on any atom is 0.417 e. The third-order valence-electron chi connectivity index (χ3n) is 3.90. The van der Waals surface area contributed by atoms with E-state index in [1.807, 2.05) is 0 Å². The zero-order valence-corrected chi connectivity index (χ0v) is 14.5. The lowest BCUT2D eigenvalue weighted by Gasteiger charge is -2.19. The second-order valence-corrected chi connectivity index (χ2v) is 6.47. The number of alkyl halides is 3. The van der Waals surface area contributed by atoms with Gasteiger partial charge in [0.25, 0.3) is 5.91 Å². The van der Waals surface area contributed by atoms with Crippen molar-refractivity contribution < 1.29 is 22.7 Å². The zero-order valence-electron chi connectivity index (χ0n) is 13.0. The van der Waals surface area contributed by atoms with Gasteiger partial charge in [-0.2, -0.15) is 13.2 Å².